The summed E-state index contributed by atoms with van der Waals surface area (Å²) in [6.07, 6.45) is 0. The van der Waals surface area contributed by atoms with Gasteiger partial charge in [-0.25, -0.2) is 0 Å². The molecule has 0 fully saturated rings. The van der Waals surface area contributed by atoms with Crippen molar-refractivity contribution >= 4 is 11.9 Å². The van der Waals surface area contributed by atoms with Crippen molar-refractivity contribution in [2.45, 2.75) is 19.9 Å². The standard InChI is InChI=1S/C6H9N3O4/c1-6(2,5(12)13)3(4(10)11)8-9-7/h3H,1-2H3,(H,10,11)(H,12,13). The Labute approximate surface area is 73.6 Å². The molecule has 0 saturated carbocycles. The molecule has 1 atom stereocenters. The number of rotatable bonds is 4. The van der Waals surface area contributed by atoms with Gasteiger partial charge in [0.05, 0.1) is 5.41 Å². The lowest BCUT2D eigenvalue weighted by Crippen LogP contribution is -2.40. The molecule has 13 heavy (non-hydrogen) atoms. The molecular weight excluding hydrogens is 178 g/mol. The van der Waals surface area contributed by atoms with Crippen molar-refractivity contribution in [3.63, 3.8) is 0 Å². The number of aliphatic carboxylic acids is 2. The molecule has 0 amide bonds. The third-order valence-electron chi connectivity index (χ3n) is 1.64. The van der Waals surface area contributed by atoms with E-state index in [0.717, 1.165) is 0 Å². The Kier molecular flexibility index (Phi) is 3.26. The molecule has 0 aliphatic heterocycles. The first-order chi connectivity index (χ1) is 5.84. The van der Waals surface area contributed by atoms with Gasteiger partial charge in [-0.15, -0.1) is 0 Å². The first-order valence-electron chi connectivity index (χ1n) is 3.34. The van der Waals surface area contributed by atoms with Gasteiger partial charge in [-0.05, 0) is 19.4 Å². The van der Waals surface area contributed by atoms with Gasteiger partial charge in [-0.2, -0.15) is 0 Å². The molecule has 7 nitrogen and oxygen atoms in total. The number of azide groups is 1. The van der Waals surface area contributed by atoms with E-state index in [1.165, 1.54) is 13.8 Å². The fourth-order valence-electron chi connectivity index (χ4n) is 0.671. The van der Waals surface area contributed by atoms with Crippen LogP contribution in [-0.4, -0.2) is 28.2 Å². The summed E-state index contributed by atoms with van der Waals surface area (Å²) in [4.78, 5) is 23.4. The fraction of sp³-hybridized carbons (Fsp3) is 0.667. The van der Waals surface area contributed by atoms with Crippen LogP contribution < -0.4 is 0 Å². The van der Waals surface area contributed by atoms with Gasteiger partial charge >= 0.3 is 11.9 Å². The minimum atomic E-state index is -1.61. The highest BCUT2D eigenvalue weighted by atomic mass is 16.4. The maximum absolute atomic E-state index is 10.6. The largest absolute Gasteiger partial charge is 0.481 e. The van der Waals surface area contributed by atoms with Crippen LogP contribution in [0.15, 0.2) is 5.11 Å². The summed E-state index contributed by atoms with van der Waals surface area (Å²) in [6, 6.07) is -1.60. The van der Waals surface area contributed by atoms with Gasteiger partial charge in [-0.1, -0.05) is 5.11 Å². The zero-order valence-corrected chi connectivity index (χ0v) is 7.13. The third-order valence-corrected chi connectivity index (χ3v) is 1.64. The van der Waals surface area contributed by atoms with E-state index in [1.807, 2.05) is 0 Å². The summed E-state index contributed by atoms with van der Waals surface area (Å²) in [5.41, 5.74) is 6.42. The van der Waals surface area contributed by atoms with Crippen LogP contribution in [0.3, 0.4) is 0 Å². The van der Waals surface area contributed by atoms with Crippen LogP contribution in [0.1, 0.15) is 13.8 Å². The van der Waals surface area contributed by atoms with Gasteiger partial charge in [0.2, 0.25) is 0 Å². The maximum atomic E-state index is 10.6. The number of hydrogen-bond donors (Lipinski definition) is 2. The van der Waals surface area contributed by atoms with E-state index in [9.17, 15) is 9.59 Å². The topological polar surface area (TPSA) is 123 Å². The van der Waals surface area contributed by atoms with Crippen molar-refractivity contribution in [3.05, 3.63) is 10.4 Å². The molecule has 0 aromatic rings. The average Bonchev–Trinajstić information content (AvgIpc) is 1.98. The highest BCUT2D eigenvalue weighted by Gasteiger charge is 2.41. The lowest BCUT2D eigenvalue weighted by molar-refractivity contribution is -0.155. The van der Waals surface area contributed by atoms with E-state index in [0.29, 0.717) is 0 Å². The molecule has 0 saturated heterocycles. The van der Waals surface area contributed by atoms with Gasteiger partial charge in [0.15, 0.2) is 6.04 Å². The molecule has 0 aliphatic rings. The monoisotopic (exact) mass is 187 g/mol. The Morgan fingerprint density at radius 1 is 1.46 bits per heavy atom. The molecule has 0 aliphatic carbocycles. The van der Waals surface area contributed by atoms with Crippen LogP contribution in [0.4, 0.5) is 0 Å². The third kappa shape index (κ3) is 2.34. The van der Waals surface area contributed by atoms with Crippen LogP contribution in [0.2, 0.25) is 0 Å². The quantitative estimate of drug-likeness (QED) is 0.384. The molecule has 72 valence electrons. The smallest absolute Gasteiger partial charge is 0.313 e. The Morgan fingerprint density at radius 2 is 1.92 bits per heavy atom. The van der Waals surface area contributed by atoms with E-state index >= 15 is 0 Å². The summed E-state index contributed by atoms with van der Waals surface area (Å²) < 4.78 is 0. The van der Waals surface area contributed by atoms with Crippen LogP contribution in [0.5, 0.6) is 0 Å². The SMILES string of the molecule is CC(C)(C(=O)O)C(N=[N+]=[N-])C(=O)O. The van der Waals surface area contributed by atoms with Crippen LogP contribution in [0.25, 0.3) is 10.4 Å². The van der Waals surface area contributed by atoms with Crippen molar-refractivity contribution in [2.24, 2.45) is 10.5 Å². The molecule has 1 unspecified atom stereocenters. The van der Waals surface area contributed by atoms with E-state index in [1.54, 1.807) is 0 Å². The van der Waals surface area contributed by atoms with E-state index < -0.39 is 23.4 Å². The number of carbonyl (C=O) groups is 2. The normalized spacial score (nSPS) is 12.8. The minimum absolute atomic E-state index is 1.18. The summed E-state index contributed by atoms with van der Waals surface area (Å²) in [7, 11) is 0. The van der Waals surface area contributed by atoms with Crippen molar-refractivity contribution in [1.29, 1.82) is 0 Å². The molecular formula is C6H9N3O4. The number of hydrogen-bond acceptors (Lipinski definition) is 3. The molecule has 7 heteroatoms. The van der Waals surface area contributed by atoms with Crippen LogP contribution >= 0.6 is 0 Å². The predicted octanol–water partition coefficient (Wildman–Crippen LogP) is 0.861. The van der Waals surface area contributed by atoms with Gasteiger partial charge < -0.3 is 10.2 Å². The molecule has 0 bridgehead atoms. The van der Waals surface area contributed by atoms with Crippen molar-refractivity contribution < 1.29 is 19.8 Å². The highest BCUT2D eigenvalue weighted by Crippen LogP contribution is 2.24. The second kappa shape index (κ2) is 3.77. The average molecular weight is 187 g/mol. The first kappa shape index (κ1) is 11.2. The molecule has 0 aromatic carbocycles. The molecule has 0 radical (unpaired) electrons. The number of nitrogens with zero attached hydrogens (tertiary/aromatic N) is 3. The molecule has 0 heterocycles. The highest BCUT2D eigenvalue weighted by molar-refractivity contribution is 5.85. The fourth-order valence-corrected chi connectivity index (χ4v) is 0.671. The Bertz CT molecular complexity index is 278. The summed E-state index contributed by atoms with van der Waals surface area (Å²) >= 11 is 0. The molecule has 0 aromatic heterocycles. The van der Waals surface area contributed by atoms with E-state index in [2.05, 4.69) is 10.0 Å². The molecule has 2 N–H and O–H groups in total. The van der Waals surface area contributed by atoms with E-state index in [-0.39, 0.29) is 0 Å². The maximum Gasteiger partial charge on any atom is 0.313 e. The lowest BCUT2D eigenvalue weighted by atomic mass is 9.85. The Hall–Kier alpha value is -1.75. The van der Waals surface area contributed by atoms with Crippen LogP contribution in [0, 0.1) is 5.41 Å². The Morgan fingerprint density at radius 3 is 2.15 bits per heavy atom. The molecule has 0 spiro atoms. The summed E-state index contributed by atoms with van der Waals surface area (Å²) in [5, 5.41) is 20.1. The van der Waals surface area contributed by atoms with Crippen LogP contribution in [-0.2, 0) is 9.59 Å². The van der Waals surface area contributed by atoms with Gasteiger partial charge in [0.25, 0.3) is 0 Å². The Balaban J connectivity index is 5.05. The second-order valence-corrected chi connectivity index (χ2v) is 2.97. The van der Waals surface area contributed by atoms with Crippen molar-refractivity contribution in [2.75, 3.05) is 0 Å². The minimum Gasteiger partial charge on any atom is -0.481 e. The van der Waals surface area contributed by atoms with Crippen molar-refractivity contribution in [1.82, 2.24) is 0 Å². The number of carboxylic acids is 2. The number of carboxylic acid groups (broad SMARTS) is 2. The van der Waals surface area contributed by atoms with Gasteiger partial charge in [-0.3, -0.25) is 9.59 Å². The molecule has 0 rings (SSSR count). The van der Waals surface area contributed by atoms with Crippen molar-refractivity contribution in [3.8, 4) is 0 Å². The first-order valence-corrected chi connectivity index (χ1v) is 3.34. The second-order valence-electron chi connectivity index (χ2n) is 2.97. The van der Waals surface area contributed by atoms with Gasteiger partial charge in [0, 0.05) is 4.91 Å². The lowest BCUT2D eigenvalue weighted by Gasteiger charge is -2.22. The van der Waals surface area contributed by atoms with Gasteiger partial charge in [0.1, 0.15) is 0 Å². The predicted molar refractivity (Wildman–Crippen MR) is 42.0 cm³/mol. The summed E-state index contributed by atoms with van der Waals surface area (Å²) in [6.45, 7) is 2.37. The van der Waals surface area contributed by atoms with E-state index in [4.69, 9.17) is 15.7 Å². The zero-order valence-electron chi connectivity index (χ0n) is 7.13. The zero-order chi connectivity index (χ0) is 10.6. The summed E-state index contributed by atoms with van der Waals surface area (Å²) in [5.74, 6) is -2.78.